The highest BCUT2D eigenvalue weighted by Gasteiger charge is 2.56. The maximum atomic E-state index is 11.3. The first-order valence-electron chi connectivity index (χ1n) is 12.7. The average molecular weight is 507 g/mol. The molecule has 1 spiro atoms. The Labute approximate surface area is 210 Å². The number of methoxy groups -OCH3 is 1. The third-order valence-electron chi connectivity index (χ3n) is 8.09. The minimum absolute atomic E-state index is 0.00606. The number of aliphatic hydroxyl groups is 1. The summed E-state index contributed by atoms with van der Waals surface area (Å²) >= 11 is 0. The van der Waals surface area contributed by atoms with E-state index >= 15 is 0 Å². The van der Waals surface area contributed by atoms with Gasteiger partial charge in [0.1, 0.15) is 11.7 Å². The number of ether oxygens (including phenoxy) is 3. The van der Waals surface area contributed by atoms with Gasteiger partial charge in [-0.1, -0.05) is 32.9 Å². The van der Waals surface area contributed by atoms with E-state index in [2.05, 4.69) is 44.7 Å². The lowest BCUT2D eigenvalue weighted by atomic mass is 9.82. The Morgan fingerprint density at radius 1 is 1.23 bits per heavy atom. The quantitative estimate of drug-likeness (QED) is 0.249. The van der Waals surface area contributed by atoms with Crippen LogP contribution in [0.15, 0.2) is 35.5 Å². The first-order valence-corrected chi connectivity index (χ1v) is 15.6. The van der Waals surface area contributed by atoms with Crippen LogP contribution in [-0.2, 0) is 28.2 Å². The van der Waals surface area contributed by atoms with Crippen molar-refractivity contribution in [3.05, 3.63) is 35.5 Å². The zero-order chi connectivity index (χ0) is 25.9. The molecule has 0 saturated carbocycles. The Kier molecular flexibility index (Phi) is 8.51. The van der Waals surface area contributed by atoms with Gasteiger partial charge in [-0.25, -0.2) is 4.79 Å². The third kappa shape index (κ3) is 6.16. The van der Waals surface area contributed by atoms with Gasteiger partial charge in [-0.15, -0.1) is 0 Å². The normalized spacial score (nSPS) is 30.5. The van der Waals surface area contributed by atoms with Crippen molar-refractivity contribution in [3.8, 4) is 0 Å². The van der Waals surface area contributed by atoms with E-state index in [4.69, 9.17) is 13.9 Å². The minimum atomic E-state index is -1.87. The predicted octanol–water partition coefficient (Wildman–Crippen LogP) is 4.76. The summed E-state index contributed by atoms with van der Waals surface area (Å²) in [5.41, 5.74) is 0.614. The molecule has 7 nitrogen and oxygen atoms in total. The zero-order valence-electron chi connectivity index (χ0n) is 22.1. The average Bonchev–Trinajstić information content (AvgIpc) is 3.29. The monoisotopic (exact) mass is 506 g/mol. The maximum Gasteiger partial charge on any atom is 0.330 e. The van der Waals surface area contributed by atoms with E-state index in [1.807, 2.05) is 6.08 Å². The molecule has 0 aromatic carbocycles. The Bertz CT molecular complexity index is 898. The number of carbonyl (C=O) groups is 2. The predicted molar refractivity (Wildman–Crippen MR) is 136 cm³/mol. The molecule has 2 saturated heterocycles. The van der Waals surface area contributed by atoms with Gasteiger partial charge in [-0.3, -0.25) is 4.79 Å². The fourth-order valence-corrected chi connectivity index (χ4v) is 5.71. The molecule has 0 aromatic rings. The second-order valence-electron chi connectivity index (χ2n) is 11.4. The number of hydrogen-bond donors (Lipinski definition) is 1. The van der Waals surface area contributed by atoms with Crippen LogP contribution in [0.25, 0.3) is 0 Å². The van der Waals surface area contributed by atoms with E-state index in [9.17, 15) is 14.7 Å². The molecule has 35 heavy (non-hydrogen) atoms. The molecule has 0 amide bonds. The third-order valence-corrected chi connectivity index (χ3v) is 12.6. The van der Waals surface area contributed by atoms with E-state index in [1.165, 1.54) is 18.8 Å². The molecule has 4 aliphatic rings. The van der Waals surface area contributed by atoms with Crippen molar-refractivity contribution in [2.24, 2.45) is 0 Å². The number of esters is 2. The highest BCUT2D eigenvalue weighted by Crippen LogP contribution is 2.47. The highest BCUT2D eigenvalue weighted by atomic mass is 28.4. The number of rotatable bonds is 5. The van der Waals surface area contributed by atoms with Gasteiger partial charge >= 0.3 is 11.9 Å². The van der Waals surface area contributed by atoms with Gasteiger partial charge in [0.15, 0.2) is 13.9 Å². The summed E-state index contributed by atoms with van der Waals surface area (Å²) in [6, 6.07) is 0. The minimum Gasteiger partial charge on any atom is -0.466 e. The lowest BCUT2D eigenvalue weighted by Gasteiger charge is -2.39. The summed E-state index contributed by atoms with van der Waals surface area (Å²) in [6.07, 6.45) is 13.1. The standard InChI is InChI=1S/C17H30O4Si.C10H12O3/c1-16(2,3)22(5,6)21-13-14-9-7-8-11-17(14,19)12-10-15(18)20-4;11-9-5-8-10(13-9)4-2-1-3-7(10)6-12-8/h9-10,12,19H,7-8,11,13H2,1-6H3;3,8H,1-2,4-6H2/b12-10+;/t;8-,10-/m.0/s1. The number of allylic oxidation sites excluding steroid dienone is 2. The summed E-state index contributed by atoms with van der Waals surface area (Å²) in [5.74, 6) is -0.554. The fraction of sp³-hybridized carbons (Fsp3) is 0.704. The number of carbonyl (C=O) groups excluding carboxylic acids is 2. The molecule has 2 aliphatic carbocycles. The van der Waals surface area contributed by atoms with Crippen molar-refractivity contribution < 1.29 is 33.3 Å². The van der Waals surface area contributed by atoms with Crippen molar-refractivity contribution in [3.63, 3.8) is 0 Å². The van der Waals surface area contributed by atoms with Crippen molar-refractivity contribution in [1.29, 1.82) is 0 Å². The van der Waals surface area contributed by atoms with Gasteiger partial charge in [-0.2, -0.15) is 0 Å². The summed E-state index contributed by atoms with van der Waals surface area (Å²) < 4.78 is 21.8. The second-order valence-corrected chi connectivity index (χ2v) is 16.2. The SMILES string of the molecule is COC(=O)/C=C/C1(O)CCCC=C1CO[Si](C)(C)C(C)(C)C.O=C1C[C@@H]2OCC3=CCCC[C@]32O1. The van der Waals surface area contributed by atoms with Crippen molar-refractivity contribution in [2.45, 2.75) is 101 Å². The molecular weight excluding hydrogens is 464 g/mol. The first-order chi connectivity index (χ1) is 16.3. The van der Waals surface area contributed by atoms with Crippen LogP contribution in [0.4, 0.5) is 0 Å². The maximum absolute atomic E-state index is 11.3. The highest BCUT2D eigenvalue weighted by molar-refractivity contribution is 6.74. The molecule has 2 heterocycles. The molecule has 2 fully saturated rings. The topological polar surface area (TPSA) is 91.3 Å². The lowest BCUT2D eigenvalue weighted by molar-refractivity contribution is -0.146. The van der Waals surface area contributed by atoms with Crippen LogP contribution in [0.5, 0.6) is 0 Å². The van der Waals surface area contributed by atoms with Crippen LogP contribution >= 0.6 is 0 Å². The van der Waals surface area contributed by atoms with Crippen LogP contribution in [0.1, 0.15) is 65.7 Å². The molecule has 1 N–H and O–H groups in total. The van der Waals surface area contributed by atoms with Crippen molar-refractivity contribution in [1.82, 2.24) is 0 Å². The van der Waals surface area contributed by atoms with Crippen LogP contribution in [-0.4, -0.2) is 63.0 Å². The molecule has 0 radical (unpaired) electrons. The van der Waals surface area contributed by atoms with Gasteiger partial charge in [0.05, 0.1) is 26.7 Å². The molecule has 2 aliphatic heterocycles. The first kappa shape index (κ1) is 27.8. The molecule has 3 atom stereocenters. The van der Waals surface area contributed by atoms with E-state index in [1.54, 1.807) is 6.08 Å². The number of hydrogen-bond acceptors (Lipinski definition) is 7. The van der Waals surface area contributed by atoms with Gasteiger partial charge in [-0.05, 0) is 73.9 Å². The smallest absolute Gasteiger partial charge is 0.330 e. The summed E-state index contributed by atoms with van der Waals surface area (Å²) in [6.45, 7) is 12.0. The van der Waals surface area contributed by atoms with Crippen molar-refractivity contribution in [2.75, 3.05) is 20.3 Å². The van der Waals surface area contributed by atoms with Crippen LogP contribution < -0.4 is 0 Å². The Morgan fingerprint density at radius 3 is 2.60 bits per heavy atom. The van der Waals surface area contributed by atoms with Crippen molar-refractivity contribution >= 4 is 20.3 Å². The van der Waals surface area contributed by atoms with Crippen LogP contribution in [0.3, 0.4) is 0 Å². The van der Waals surface area contributed by atoms with E-state index in [0.717, 1.165) is 37.7 Å². The summed E-state index contributed by atoms with van der Waals surface area (Å²) in [4.78, 5) is 22.5. The summed E-state index contributed by atoms with van der Waals surface area (Å²) in [5, 5.41) is 11.0. The van der Waals surface area contributed by atoms with E-state index in [-0.39, 0.29) is 22.7 Å². The van der Waals surface area contributed by atoms with Crippen LogP contribution in [0, 0.1) is 0 Å². The molecule has 0 aromatic heterocycles. The molecule has 196 valence electrons. The molecule has 1 unspecified atom stereocenters. The molecular formula is C27H42O7Si. The van der Waals surface area contributed by atoms with Gasteiger partial charge in [0, 0.05) is 6.08 Å². The van der Waals surface area contributed by atoms with Gasteiger partial charge in [0.25, 0.3) is 0 Å². The summed E-state index contributed by atoms with van der Waals surface area (Å²) in [7, 11) is -0.542. The molecule has 0 bridgehead atoms. The lowest BCUT2D eigenvalue weighted by Crippen LogP contribution is -2.43. The second kappa shape index (κ2) is 10.7. The van der Waals surface area contributed by atoms with Gasteiger partial charge in [0.2, 0.25) is 0 Å². The van der Waals surface area contributed by atoms with Crippen LogP contribution in [0.2, 0.25) is 18.1 Å². The van der Waals surface area contributed by atoms with E-state index in [0.29, 0.717) is 26.1 Å². The van der Waals surface area contributed by atoms with Gasteiger partial charge < -0.3 is 23.7 Å². The molecule has 4 rings (SSSR count). The largest absolute Gasteiger partial charge is 0.466 e. The van der Waals surface area contributed by atoms with E-state index < -0.39 is 19.9 Å². The Balaban J connectivity index is 0.000000220. The Morgan fingerprint density at radius 2 is 1.91 bits per heavy atom. The molecule has 8 heteroatoms. The zero-order valence-corrected chi connectivity index (χ0v) is 23.1. The fourth-order valence-electron chi connectivity index (χ4n) is 4.76. The Hall–Kier alpha value is -1.74.